The molecule has 6 heteroatoms. The van der Waals surface area contributed by atoms with Gasteiger partial charge in [0.15, 0.2) is 0 Å². The lowest BCUT2D eigenvalue weighted by atomic mass is 9.91. The third-order valence-electron chi connectivity index (χ3n) is 7.48. The molecule has 5 nitrogen and oxygen atoms in total. The molecule has 0 saturated heterocycles. The lowest BCUT2D eigenvalue weighted by Crippen LogP contribution is -2.54. The van der Waals surface area contributed by atoms with Gasteiger partial charge in [0.1, 0.15) is 5.54 Å². The van der Waals surface area contributed by atoms with Gasteiger partial charge in [0.25, 0.3) is 5.91 Å². The highest BCUT2D eigenvalue weighted by molar-refractivity contribution is 7.13. The Morgan fingerprint density at radius 1 is 1.09 bits per heavy atom. The maximum absolute atomic E-state index is 13.4. The van der Waals surface area contributed by atoms with Gasteiger partial charge >= 0.3 is 0 Å². The van der Waals surface area contributed by atoms with E-state index in [-0.39, 0.29) is 11.8 Å². The zero-order chi connectivity index (χ0) is 23.4. The normalized spacial score (nSPS) is 17.7. The van der Waals surface area contributed by atoms with Crippen LogP contribution in [-0.4, -0.2) is 41.4 Å². The van der Waals surface area contributed by atoms with E-state index in [1.54, 1.807) is 0 Å². The number of likely N-dealkylation sites (N-methyl/N-ethyl adjacent to an activating group) is 1. The number of carbonyl (C=O) groups excluding carboxylic acids is 2. The number of thiophene rings is 1. The zero-order valence-corrected chi connectivity index (χ0v) is 21.0. The highest BCUT2D eigenvalue weighted by Gasteiger charge is 2.42. The molecule has 33 heavy (non-hydrogen) atoms. The highest BCUT2D eigenvalue weighted by atomic mass is 32.1. The van der Waals surface area contributed by atoms with Gasteiger partial charge in [-0.25, -0.2) is 0 Å². The SMILES string of the molecule is CCN(CCc1cc(NC(=O)C2(NC(=O)c3ccc(C)s3)CCCC2)ccc1C)C1CCC1. The van der Waals surface area contributed by atoms with Crippen LogP contribution in [0.4, 0.5) is 5.69 Å². The molecule has 0 unspecified atom stereocenters. The Bertz CT molecular complexity index is 989. The van der Waals surface area contributed by atoms with Crippen molar-refractivity contribution in [1.29, 1.82) is 0 Å². The fourth-order valence-corrected chi connectivity index (χ4v) is 5.87. The molecule has 2 aliphatic rings. The molecule has 1 heterocycles. The Kier molecular flexibility index (Phi) is 7.55. The minimum Gasteiger partial charge on any atom is -0.337 e. The molecule has 2 aliphatic carbocycles. The molecule has 4 rings (SSSR count). The number of hydrogen-bond acceptors (Lipinski definition) is 4. The maximum atomic E-state index is 13.4. The predicted octanol–water partition coefficient (Wildman–Crippen LogP) is 5.46. The Labute approximate surface area is 202 Å². The summed E-state index contributed by atoms with van der Waals surface area (Å²) in [6.07, 6.45) is 8.24. The molecule has 2 N–H and O–H groups in total. The first-order chi connectivity index (χ1) is 15.9. The summed E-state index contributed by atoms with van der Waals surface area (Å²) >= 11 is 1.47. The van der Waals surface area contributed by atoms with E-state index in [4.69, 9.17) is 0 Å². The molecule has 2 saturated carbocycles. The maximum Gasteiger partial charge on any atom is 0.262 e. The monoisotopic (exact) mass is 467 g/mol. The smallest absolute Gasteiger partial charge is 0.262 e. The first-order valence-corrected chi connectivity index (χ1v) is 13.3. The fourth-order valence-electron chi connectivity index (χ4n) is 5.11. The molecule has 178 valence electrons. The Morgan fingerprint density at radius 3 is 2.45 bits per heavy atom. The summed E-state index contributed by atoms with van der Waals surface area (Å²) < 4.78 is 0. The first kappa shape index (κ1) is 24.0. The number of carbonyl (C=O) groups is 2. The van der Waals surface area contributed by atoms with Crippen LogP contribution >= 0.6 is 11.3 Å². The number of rotatable bonds is 9. The van der Waals surface area contributed by atoms with Crippen LogP contribution in [0.1, 0.15) is 77.5 Å². The number of aryl methyl sites for hydroxylation is 2. The molecule has 0 aliphatic heterocycles. The molecule has 2 amide bonds. The van der Waals surface area contributed by atoms with Crippen molar-refractivity contribution in [3.8, 4) is 0 Å². The zero-order valence-electron chi connectivity index (χ0n) is 20.2. The van der Waals surface area contributed by atoms with Gasteiger partial charge in [0, 0.05) is 23.2 Å². The van der Waals surface area contributed by atoms with Crippen molar-refractivity contribution in [3.63, 3.8) is 0 Å². The average molecular weight is 468 g/mol. The van der Waals surface area contributed by atoms with E-state index in [9.17, 15) is 9.59 Å². The largest absolute Gasteiger partial charge is 0.337 e. The van der Waals surface area contributed by atoms with Gasteiger partial charge in [-0.3, -0.25) is 9.59 Å². The lowest BCUT2D eigenvalue weighted by Gasteiger charge is -2.37. The molecule has 2 aromatic rings. The van der Waals surface area contributed by atoms with Crippen LogP contribution in [0, 0.1) is 13.8 Å². The van der Waals surface area contributed by atoms with Crippen molar-refractivity contribution >= 4 is 28.8 Å². The first-order valence-electron chi connectivity index (χ1n) is 12.4. The second-order valence-corrected chi connectivity index (χ2v) is 11.0. The van der Waals surface area contributed by atoms with Gasteiger partial charge < -0.3 is 15.5 Å². The van der Waals surface area contributed by atoms with Gasteiger partial charge in [-0.05, 0) is 87.9 Å². The van der Waals surface area contributed by atoms with Crippen LogP contribution in [0.3, 0.4) is 0 Å². The Balaban J connectivity index is 1.43. The average Bonchev–Trinajstić information content (AvgIpc) is 3.41. The van der Waals surface area contributed by atoms with Crippen LogP contribution in [0.2, 0.25) is 0 Å². The molecule has 2 fully saturated rings. The Morgan fingerprint density at radius 2 is 1.85 bits per heavy atom. The highest BCUT2D eigenvalue weighted by Crippen LogP contribution is 2.32. The molecular weight excluding hydrogens is 430 g/mol. The van der Waals surface area contributed by atoms with Crippen LogP contribution in [0.25, 0.3) is 0 Å². The summed E-state index contributed by atoms with van der Waals surface area (Å²) in [5, 5.41) is 6.23. The predicted molar refractivity (Wildman–Crippen MR) is 136 cm³/mol. The molecular formula is C27H37N3O2S. The Hall–Kier alpha value is -2.18. The number of nitrogens with zero attached hydrogens (tertiary/aromatic N) is 1. The second-order valence-electron chi connectivity index (χ2n) is 9.71. The number of benzene rings is 1. The van der Waals surface area contributed by atoms with E-state index < -0.39 is 5.54 Å². The number of nitrogens with one attached hydrogen (secondary N) is 2. The number of hydrogen-bond donors (Lipinski definition) is 2. The topological polar surface area (TPSA) is 61.4 Å². The summed E-state index contributed by atoms with van der Waals surface area (Å²) in [6.45, 7) is 8.52. The molecule has 1 aromatic carbocycles. The van der Waals surface area contributed by atoms with E-state index in [0.717, 1.165) is 49.0 Å². The summed E-state index contributed by atoms with van der Waals surface area (Å²) in [6, 6.07) is 10.7. The molecule has 0 bridgehead atoms. The lowest BCUT2D eigenvalue weighted by molar-refractivity contribution is -0.122. The molecule has 0 atom stereocenters. The standard InChI is InChI=1S/C27H37N3O2S/c1-4-30(23-8-7-9-23)17-14-21-18-22(12-10-19(21)2)28-26(32)27(15-5-6-16-27)29-25(31)24-13-11-20(3)33-24/h10-13,18,23H,4-9,14-17H2,1-3H3,(H,28,32)(H,29,31). The van der Waals surface area contributed by atoms with E-state index in [1.807, 2.05) is 25.1 Å². The van der Waals surface area contributed by atoms with E-state index in [0.29, 0.717) is 17.7 Å². The van der Waals surface area contributed by atoms with E-state index in [1.165, 1.54) is 41.7 Å². The van der Waals surface area contributed by atoms with Crippen molar-refractivity contribution in [2.45, 2.75) is 83.7 Å². The minimum absolute atomic E-state index is 0.0962. The van der Waals surface area contributed by atoms with Crippen LogP contribution in [0.5, 0.6) is 0 Å². The number of amides is 2. The van der Waals surface area contributed by atoms with Crippen molar-refractivity contribution < 1.29 is 9.59 Å². The minimum atomic E-state index is -0.830. The van der Waals surface area contributed by atoms with Crippen molar-refractivity contribution in [1.82, 2.24) is 10.2 Å². The van der Waals surface area contributed by atoms with Crippen LogP contribution in [0.15, 0.2) is 30.3 Å². The molecule has 0 radical (unpaired) electrons. The number of anilines is 1. The van der Waals surface area contributed by atoms with Crippen molar-refractivity contribution in [3.05, 3.63) is 51.2 Å². The van der Waals surface area contributed by atoms with E-state index in [2.05, 4.69) is 41.5 Å². The van der Waals surface area contributed by atoms with Gasteiger partial charge in [0.05, 0.1) is 4.88 Å². The van der Waals surface area contributed by atoms with Crippen LogP contribution < -0.4 is 10.6 Å². The third-order valence-corrected chi connectivity index (χ3v) is 8.48. The summed E-state index contributed by atoms with van der Waals surface area (Å²) in [7, 11) is 0. The molecule has 1 aromatic heterocycles. The van der Waals surface area contributed by atoms with Crippen molar-refractivity contribution in [2.24, 2.45) is 0 Å². The second kappa shape index (κ2) is 10.4. The van der Waals surface area contributed by atoms with Gasteiger partial charge in [-0.15, -0.1) is 11.3 Å². The summed E-state index contributed by atoms with van der Waals surface area (Å²) in [5.74, 6) is -0.244. The summed E-state index contributed by atoms with van der Waals surface area (Å²) in [4.78, 5) is 30.6. The fraction of sp³-hybridized carbons (Fsp3) is 0.556. The van der Waals surface area contributed by atoms with Gasteiger partial charge in [-0.1, -0.05) is 32.3 Å². The van der Waals surface area contributed by atoms with Gasteiger partial charge in [0.2, 0.25) is 5.91 Å². The van der Waals surface area contributed by atoms with Gasteiger partial charge in [-0.2, -0.15) is 0 Å². The quantitative estimate of drug-likeness (QED) is 0.515. The van der Waals surface area contributed by atoms with Crippen LogP contribution in [-0.2, 0) is 11.2 Å². The van der Waals surface area contributed by atoms with E-state index >= 15 is 0 Å². The molecule has 0 spiro atoms. The third kappa shape index (κ3) is 5.49. The van der Waals surface area contributed by atoms with Crippen molar-refractivity contribution in [2.75, 3.05) is 18.4 Å². The summed E-state index contributed by atoms with van der Waals surface area (Å²) in [5.41, 5.74) is 2.53.